The van der Waals surface area contributed by atoms with Gasteiger partial charge in [-0.25, -0.2) is 9.59 Å². The zero-order valence-corrected chi connectivity index (χ0v) is 78.1. The number of aryl methyl sites for hydroxylation is 2. The van der Waals surface area contributed by atoms with Crippen LogP contribution in [-0.4, -0.2) is 259 Å². The van der Waals surface area contributed by atoms with Gasteiger partial charge in [-0.15, -0.1) is 0 Å². The van der Waals surface area contributed by atoms with E-state index in [0.29, 0.717) is 90.7 Å². The van der Waals surface area contributed by atoms with Crippen molar-refractivity contribution in [2.45, 2.75) is 65.8 Å². The Morgan fingerprint density at radius 3 is 1.54 bits per heavy atom. The Bertz CT molecular complexity index is 4080. The number of carbonyl (C=O) groups is 2. The van der Waals surface area contributed by atoms with Crippen LogP contribution in [0, 0.1) is 13.8 Å². The molecule has 29 heteroatoms. The Morgan fingerprint density at radius 2 is 1.02 bits per heavy atom. The molecule has 0 unspecified atom stereocenters. The third kappa shape index (κ3) is 20.4. The number of benzene rings is 4. The molecule has 0 bridgehead atoms. The zero-order chi connectivity index (χ0) is 66.9. The van der Waals surface area contributed by atoms with Crippen molar-refractivity contribution < 1.29 is 38.0 Å². The molecule has 4 aromatic carbocycles. The van der Waals surface area contributed by atoms with Gasteiger partial charge in [0.2, 0.25) is 0 Å². The number of rotatable bonds is 17. The number of carbonyl (C=O) groups excluding carboxylic acids is 2. The maximum atomic E-state index is 12.9. The van der Waals surface area contributed by atoms with E-state index < -0.39 is 0 Å². The molecule has 14 rings (SSSR count). The number of aromatic nitrogens is 6. The van der Waals surface area contributed by atoms with Crippen LogP contribution in [0.1, 0.15) is 57.6 Å². The van der Waals surface area contributed by atoms with E-state index in [1.54, 1.807) is 9.80 Å². The van der Waals surface area contributed by atoms with Gasteiger partial charge >= 0.3 is 327 Å². The molecular formula is C70H91BrN14O8P2S2Tl2-2. The van der Waals surface area contributed by atoms with E-state index in [1.165, 1.54) is 54.2 Å². The Morgan fingerprint density at radius 1 is 0.545 bits per heavy atom. The molecule has 0 spiro atoms. The van der Waals surface area contributed by atoms with E-state index >= 15 is 0 Å². The van der Waals surface area contributed by atoms with E-state index in [-0.39, 0.29) is 73.4 Å². The number of nitrogens with zero attached hydrogens (tertiary/aromatic N) is 13. The van der Waals surface area contributed by atoms with Crippen molar-refractivity contribution in [2.75, 3.05) is 159 Å². The normalized spacial score (nSPS) is 16.4. The Balaban J connectivity index is 0.000000182. The number of ether oxygens (including phenoxy) is 6. The molecular weight excluding hydrogens is 1780 g/mol. The van der Waals surface area contributed by atoms with Gasteiger partial charge in [0.1, 0.15) is 19.0 Å². The molecule has 10 heterocycles. The van der Waals surface area contributed by atoms with E-state index in [0.717, 1.165) is 167 Å². The first kappa shape index (κ1) is 77.0. The number of halogens is 1. The van der Waals surface area contributed by atoms with Gasteiger partial charge in [0, 0.05) is 90.6 Å². The molecule has 6 aliphatic rings. The van der Waals surface area contributed by atoms with Crippen LogP contribution >= 0.6 is 31.6 Å². The summed E-state index contributed by atoms with van der Waals surface area (Å²) in [5.74, 6) is 1.87. The number of amides is 2. The second kappa shape index (κ2) is 38.7. The van der Waals surface area contributed by atoms with Gasteiger partial charge in [-0.1, -0.05) is 60.7 Å². The summed E-state index contributed by atoms with van der Waals surface area (Å²) in [5.41, 5.74) is 12.5. The topological polar surface area (TPSA) is 186 Å². The number of nitrogens with one attached hydrogen (secondary N) is 1. The predicted octanol–water partition coefficient (Wildman–Crippen LogP) is 8.23. The molecule has 6 aliphatic heterocycles. The third-order valence-electron chi connectivity index (χ3n) is 18.4. The Labute approximate surface area is 640 Å². The van der Waals surface area contributed by atoms with E-state index in [9.17, 15) is 9.59 Å². The van der Waals surface area contributed by atoms with Gasteiger partial charge in [0.25, 0.3) is 0 Å². The van der Waals surface area contributed by atoms with Crippen LogP contribution in [0.3, 0.4) is 0 Å². The Hall–Kier alpha value is -4.66. The molecule has 0 aliphatic carbocycles. The summed E-state index contributed by atoms with van der Waals surface area (Å²) in [6, 6.07) is 33.3. The van der Waals surface area contributed by atoms with Gasteiger partial charge in [-0.3, -0.25) is 9.80 Å². The predicted molar refractivity (Wildman–Crippen MR) is 410 cm³/mol. The van der Waals surface area contributed by atoms with Crippen LogP contribution < -0.4 is 29.5 Å². The minimum atomic E-state index is -0.279. The van der Waals surface area contributed by atoms with Crippen molar-refractivity contribution in [3.8, 4) is 12.0 Å². The van der Waals surface area contributed by atoms with Crippen LogP contribution in [0.15, 0.2) is 114 Å². The van der Waals surface area contributed by atoms with Gasteiger partial charge in [0.05, 0.1) is 38.7 Å². The fourth-order valence-corrected chi connectivity index (χ4v) is 15.3. The first-order valence-corrected chi connectivity index (χ1v) is 38.5. The van der Waals surface area contributed by atoms with Gasteiger partial charge in [0.15, 0.2) is 0 Å². The van der Waals surface area contributed by atoms with E-state index in [1.807, 2.05) is 66.9 Å². The number of anilines is 3. The monoisotopic (exact) mass is 1870 g/mol. The van der Waals surface area contributed by atoms with Crippen molar-refractivity contribution in [3.63, 3.8) is 0 Å². The fourth-order valence-electron chi connectivity index (χ4n) is 13.1. The molecule has 2 radical (unpaired) electrons. The molecule has 2 amide bonds. The van der Waals surface area contributed by atoms with Crippen molar-refractivity contribution in [1.82, 2.24) is 52.8 Å². The summed E-state index contributed by atoms with van der Waals surface area (Å²) in [6.45, 7) is 23.3. The van der Waals surface area contributed by atoms with Crippen LogP contribution in [0.4, 0.5) is 26.9 Å². The van der Waals surface area contributed by atoms with Gasteiger partial charge in [-0.05, 0) is 36.9 Å². The van der Waals surface area contributed by atoms with Crippen LogP contribution in [0.5, 0.6) is 12.0 Å². The molecule has 8 aromatic rings. The number of hydrogen-bond donors (Lipinski definition) is 1. The summed E-state index contributed by atoms with van der Waals surface area (Å²) in [7, 11) is 10.6. The van der Waals surface area contributed by atoms with Crippen molar-refractivity contribution in [2.24, 2.45) is 0 Å². The molecule has 1 N–H and O–H groups in total. The number of fused-ring (bicyclic) bond motifs is 4. The summed E-state index contributed by atoms with van der Waals surface area (Å²) in [4.78, 5) is 60.4. The van der Waals surface area contributed by atoms with E-state index in [4.69, 9.17) is 48.4 Å². The quantitative estimate of drug-likeness (QED) is 0.0302. The van der Waals surface area contributed by atoms with Crippen LogP contribution in [0.2, 0.25) is 0 Å². The second-order valence-electron chi connectivity index (χ2n) is 24.7. The summed E-state index contributed by atoms with van der Waals surface area (Å²) < 4.78 is 39.7. The van der Waals surface area contributed by atoms with E-state index in [2.05, 4.69) is 126 Å². The summed E-state index contributed by atoms with van der Waals surface area (Å²) >= 11 is 3.58. The first-order chi connectivity index (χ1) is 47.6. The van der Waals surface area contributed by atoms with Crippen molar-refractivity contribution >= 4 is 159 Å². The minimum absolute atomic E-state index is 0. The van der Waals surface area contributed by atoms with Crippen LogP contribution in [0.25, 0.3) is 21.8 Å². The summed E-state index contributed by atoms with van der Waals surface area (Å²) in [6.07, 6.45) is 7.13. The molecule has 4 aromatic heterocycles. The average molecular weight is 1870 g/mol. The summed E-state index contributed by atoms with van der Waals surface area (Å²) in [5, 5.41) is 5.88. The average Bonchev–Trinajstić information content (AvgIpc) is 1.76. The fraction of sp³-hybridized carbons (Fsp3) is 0.457. The molecule has 4 saturated heterocycles. The molecule has 0 saturated carbocycles. The van der Waals surface area contributed by atoms with Crippen molar-refractivity contribution in [1.29, 1.82) is 0 Å². The molecule has 22 nitrogen and oxygen atoms in total. The molecule has 99 heavy (non-hydrogen) atoms. The number of piperazine rings is 2. The number of thiol groups is 2. The number of hydrogen-bond acceptors (Lipinski definition) is 20. The SMILES string of the molecule is Cc1ccc2c(ccn2[SH-]#P)c1Br.Cc1ccc2c(ccn2[SH-]#P)c1N1CCc2c(nc(OCCCN3CCOCC3)nc2N2CCN(C(=O)OCc3ccccc3)CC2)C1.O=C(OCc1ccccc1)N1CCN(c2nc(OCCCN3CCOCC3)nc3c2CCNC3)CC1.[TlH2].[TlH2]. The van der Waals surface area contributed by atoms with Gasteiger partial charge < -0.3 is 43.7 Å². The third-order valence-corrected chi connectivity index (χ3v) is 21.7. The first-order valence-electron chi connectivity index (χ1n) is 33.7. The molecule has 0 atom stereocenters. The zero-order valence-electron chi connectivity index (χ0n) is 57.4. The van der Waals surface area contributed by atoms with Crippen molar-refractivity contribution in [3.05, 3.63) is 159 Å². The molecule has 4 fully saturated rings. The Kier molecular flexibility index (Phi) is 30.1. The molecule has 526 valence electrons. The standard InChI is InChI=1S/C35H43N7O4PS.C26H36N6O4.C9H8BrNPS.2Tl.4H/c1-26-8-9-31-29(11-14-42(31)48-47)32(26)41-13-10-28-30(24-41)36-34(45-21-5-12-38-19-22-44-23-20-38)37-33(28)39-15-17-40(18-16-39)35(43)46-25-27-6-3-2-4-7-27;33-26(36-20-21-5-2-1-3-6-21)32-12-10-31(11-13-32)24-22-7-8-27-19-23(22)28-25(29-24)35-16-4-9-30-14-17-34-18-15-30;1-6-2-3-8-7(9(6)10)4-5-11(8)13-12;;;;;;/h2-4,6-9,11,14,48H,5,10,12-13,15-25H2,1H3;1-3,5-6,27H,4,7-20H2;2-5,13H,1H3;;;;;;/q-1;;-1;;;;;;. The van der Waals surface area contributed by atoms with Crippen LogP contribution in [-0.2, 0) is 79.9 Å². The second-order valence-corrected chi connectivity index (χ2v) is 27.8. The van der Waals surface area contributed by atoms with Gasteiger partial charge in [-0.2, -0.15) is 9.97 Å². The number of morpholine rings is 2. The maximum absolute atomic E-state index is 12.9.